The van der Waals surface area contributed by atoms with Crippen molar-refractivity contribution < 1.29 is 14.3 Å². The first kappa shape index (κ1) is 16.1. The molecule has 1 aliphatic rings. The van der Waals surface area contributed by atoms with Crippen LogP contribution in [-0.4, -0.2) is 42.1 Å². The lowest BCUT2D eigenvalue weighted by Crippen LogP contribution is -2.41. The Kier molecular flexibility index (Phi) is 5.00. The second-order valence-corrected chi connectivity index (χ2v) is 6.75. The Balaban J connectivity index is 1.59. The van der Waals surface area contributed by atoms with Crippen LogP contribution < -0.4 is 9.47 Å². The van der Waals surface area contributed by atoms with Crippen LogP contribution in [0.25, 0.3) is 10.2 Å². The number of benzene rings is 1. The van der Waals surface area contributed by atoms with Crippen LogP contribution in [0.2, 0.25) is 0 Å². The molecule has 23 heavy (non-hydrogen) atoms. The van der Waals surface area contributed by atoms with Gasteiger partial charge in [0, 0.05) is 38.4 Å². The average molecular weight is 334 g/mol. The van der Waals surface area contributed by atoms with Crippen LogP contribution in [0.3, 0.4) is 0 Å². The van der Waals surface area contributed by atoms with E-state index in [1.807, 2.05) is 30.0 Å². The number of nitrogens with zero attached hydrogens (tertiary/aromatic N) is 2. The van der Waals surface area contributed by atoms with Crippen molar-refractivity contribution in [1.82, 2.24) is 9.88 Å². The van der Waals surface area contributed by atoms with E-state index in [0.29, 0.717) is 11.6 Å². The fraction of sp³-hybridized carbons (Fsp3) is 0.529. The van der Waals surface area contributed by atoms with E-state index in [-0.39, 0.29) is 12.0 Å². The van der Waals surface area contributed by atoms with Crippen molar-refractivity contribution in [3.05, 3.63) is 18.2 Å². The first-order valence-corrected chi connectivity index (χ1v) is 8.90. The second kappa shape index (κ2) is 7.17. The summed E-state index contributed by atoms with van der Waals surface area (Å²) < 4.78 is 12.3. The van der Waals surface area contributed by atoms with Crippen LogP contribution in [-0.2, 0) is 4.79 Å². The first-order chi connectivity index (χ1) is 11.2. The Hall–Kier alpha value is -1.82. The lowest BCUT2D eigenvalue weighted by atomic mass is 10.1. The Morgan fingerprint density at radius 1 is 1.39 bits per heavy atom. The van der Waals surface area contributed by atoms with Gasteiger partial charge in [0.15, 0.2) is 0 Å². The van der Waals surface area contributed by atoms with E-state index < -0.39 is 0 Å². The van der Waals surface area contributed by atoms with E-state index in [2.05, 4.69) is 4.98 Å². The van der Waals surface area contributed by atoms with Crippen molar-refractivity contribution in [3.63, 3.8) is 0 Å². The van der Waals surface area contributed by atoms with Gasteiger partial charge in [-0.15, -0.1) is 0 Å². The molecule has 1 aliphatic heterocycles. The van der Waals surface area contributed by atoms with Crippen molar-refractivity contribution in [2.45, 2.75) is 38.7 Å². The summed E-state index contributed by atoms with van der Waals surface area (Å²) in [7, 11) is 1.65. The van der Waals surface area contributed by atoms with Gasteiger partial charge in [-0.2, -0.15) is 0 Å². The molecule has 2 heterocycles. The number of carbonyl (C=O) groups excluding carboxylic acids is 1. The predicted octanol–water partition coefficient (Wildman–Crippen LogP) is 3.47. The van der Waals surface area contributed by atoms with E-state index in [0.717, 1.165) is 48.3 Å². The van der Waals surface area contributed by atoms with E-state index in [9.17, 15) is 4.79 Å². The minimum atomic E-state index is 0.142. The standard InChI is InChI=1S/C17H22N2O3S/c1-3-4-16(20)19-9-7-12(8-10-19)22-17-18-14-11-13(21-2)5-6-15(14)23-17/h5-6,11-12H,3-4,7-10H2,1-2H3. The zero-order valence-corrected chi connectivity index (χ0v) is 14.4. The summed E-state index contributed by atoms with van der Waals surface area (Å²) in [4.78, 5) is 18.4. The van der Waals surface area contributed by atoms with Gasteiger partial charge in [-0.3, -0.25) is 4.79 Å². The number of ether oxygens (including phenoxy) is 2. The van der Waals surface area contributed by atoms with E-state index in [4.69, 9.17) is 9.47 Å². The highest BCUT2D eigenvalue weighted by atomic mass is 32.1. The van der Waals surface area contributed by atoms with Gasteiger partial charge in [0.2, 0.25) is 5.91 Å². The van der Waals surface area contributed by atoms with Gasteiger partial charge >= 0.3 is 0 Å². The third kappa shape index (κ3) is 3.75. The molecule has 0 spiro atoms. The fourth-order valence-electron chi connectivity index (χ4n) is 2.80. The van der Waals surface area contributed by atoms with Crippen LogP contribution in [0, 0.1) is 0 Å². The van der Waals surface area contributed by atoms with E-state index >= 15 is 0 Å². The molecule has 1 aromatic carbocycles. The maximum absolute atomic E-state index is 11.9. The molecule has 0 radical (unpaired) electrons. The predicted molar refractivity (Wildman–Crippen MR) is 91.3 cm³/mol. The quantitative estimate of drug-likeness (QED) is 0.840. The zero-order chi connectivity index (χ0) is 16.2. The molecule has 1 saturated heterocycles. The Morgan fingerprint density at radius 2 is 2.17 bits per heavy atom. The summed E-state index contributed by atoms with van der Waals surface area (Å²) in [6.07, 6.45) is 3.43. The molecule has 1 aromatic heterocycles. The van der Waals surface area contributed by atoms with Gasteiger partial charge in [0.05, 0.1) is 17.3 Å². The van der Waals surface area contributed by atoms with Crippen molar-refractivity contribution in [2.75, 3.05) is 20.2 Å². The Labute approximate surface area is 140 Å². The normalized spacial score (nSPS) is 15.8. The molecule has 0 aliphatic carbocycles. The van der Waals surface area contributed by atoms with Crippen LogP contribution in [0.15, 0.2) is 18.2 Å². The molecule has 6 heteroatoms. The van der Waals surface area contributed by atoms with Gasteiger partial charge in [0.25, 0.3) is 5.19 Å². The number of likely N-dealkylation sites (tertiary alicyclic amines) is 1. The number of thiazole rings is 1. The van der Waals surface area contributed by atoms with Crippen LogP contribution >= 0.6 is 11.3 Å². The lowest BCUT2D eigenvalue weighted by molar-refractivity contribution is -0.133. The summed E-state index contributed by atoms with van der Waals surface area (Å²) in [5, 5.41) is 0.701. The lowest BCUT2D eigenvalue weighted by Gasteiger charge is -2.31. The summed E-state index contributed by atoms with van der Waals surface area (Å²) >= 11 is 1.56. The van der Waals surface area contributed by atoms with Crippen LogP contribution in [0.5, 0.6) is 10.9 Å². The van der Waals surface area contributed by atoms with Crippen molar-refractivity contribution in [1.29, 1.82) is 0 Å². The highest BCUT2D eigenvalue weighted by Crippen LogP contribution is 2.31. The monoisotopic (exact) mass is 334 g/mol. The number of piperidine rings is 1. The molecule has 1 fully saturated rings. The van der Waals surface area contributed by atoms with Gasteiger partial charge in [-0.05, 0) is 18.6 Å². The third-order valence-electron chi connectivity index (χ3n) is 4.10. The van der Waals surface area contributed by atoms with Crippen LogP contribution in [0.1, 0.15) is 32.6 Å². The molecule has 5 nitrogen and oxygen atoms in total. The van der Waals surface area contributed by atoms with Crippen molar-refractivity contribution >= 4 is 27.5 Å². The zero-order valence-electron chi connectivity index (χ0n) is 13.6. The minimum absolute atomic E-state index is 0.142. The number of carbonyl (C=O) groups is 1. The number of methoxy groups -OCH3 is 1. The average Bonchev–Trinajstić information content (AvgIpc) is 2.96. The third-order valence-corrected chi connectivity index (χ3v) is 5.03. The molecular weight excluding hydrogens is 312 g/mol. The van der Waals surface area contributed by atoms with E-state index in [1.54, 1.807) is 18.4 Å². The largest absolute Gasteiger partial charge is 0.497 e. The maximum atomic E-state index is 11.9. The number of amides is 1. The molecule has 124 valence electrons. The number of fused-ring (bicyclic) bond motifs is 1. The SMILES string of the molecule is CCCC(=O)N1CCC(Oc2nc3cc(OC)ccc3s2)CC1. The van der Waals surface area contributed by atoms with Crippen molar-refractivity contribution in [3.8, 4) is 10.9 Å². The van der Waals surface area contributed by atoms with Crippen molar-refractivity contribution in [2.24, 2.45) is 0 Å². The smallest absolute Gasteiger partial charge is 0.274 e. The molecule has 0 atom stereocenters. The summed E-state index contributed by atoms with van der Waals surface area (Å²) in [6, 6.07) is 5.86. The number of rotatable bonds is 5. The molecule has 0 unspecified atom stereocenters. The second-order valence-electron chi connectivity index (χ2n) is 5.76. The summed E-state index contributed by atoms with van der Waals surface area (Å²) in [5.41, 5.74) is 0.903. The van der Waals surface area contributed by atoms with Gasteiger partial charge in [0.1, 0.15) is 11.9 Å². The molecular formula is C17H22N2O3S. The molecule has 1 amide bonds. The first-order valence-electron chi connectivity index (χ1n) is 8.08. The summed E-state index contributed by atoms with van der Waals surface area (Å²) in [5.74, 6) is 1.06. The van der Waals surface area contributed by atoms with Gasteiger partial charge in [-0.25, -0.2) is 4.98 Å². The van der Waals surface area contributed by atoms with Gasteiger partial charge < -0.3 is 14.4 Å². The molecule has 3 rings (SSSR count). The highest BCUT2D eigenvalue weighted by Gasteiger charge is 2.24. The molecule has 0 N–H and O–H groups in total. The summed E-state index contributed by atoms with van der Waals surface area (Å²) in [6.45, 7) is 3.60. The molecule has 0 saturated carbocycles. The number of aromatic nitrogens is 1. The van der Waals surface area contributed by atoms with E-state index in [1.165, 1.54) is 0 Å². The Morgan fingerprint density at radius 3 is 2.87 bits per heavy atom. The topological polar surface area (TPSA) is 51.7 Å². The highest BCUT2D eigenvalue weighted by molar-refractivity contribution is 7.20. The van der Waals surface area contributed by atoms with Gasteiger partial charge in [-0.1, -0.05) is 18.3 Å². The molecule has 2 aromatic rings. The number of hydrogen-bond donors (Lipinski definition) is 0. The molecule has 0 bridgehead atoms. The maximum Gasteiger partial charge on any atom is 0.274 e. The Bertz CT molecular complexity index is 678. The fourth-order valence-corrected chi connectivity index (χ4v) is 3.66. The van der Waals surface area contributed by atoms with Crippen LogP contribution in [0.4, 0.5) is 0 Å². The minimum Gasteiger partial charge on any atom is -0.497 e. The number of hydrogen-bond acceptors (Lipinski definition) is 5.